The third-order valence-corrected chi connectivity index (χ3v) is 2.47. The molecule has 2 heterocycles. The summed E-state index contributed by atoms with van der Waals surface area (Å²) < 4.78 is 1.32. The average molecular weight is 226 g/mol. The van der Waals surface area contributed by atoms with Gasteiger partial charge in [0.15, 0.2) is 0 Å². The third-order valence-electron chi connectivity index (χ3n) is 2.47. The van der Waals surface area contributed by atoms with Gasteiger partial charge in [-0.25, -0.2) is 4.98 Å². The molecule has 0 bridgehead atoms. The summed E-state index contributed by atoms with van der Waals surface area (Å²) in [6, 6.07) is 11.2. The fourth-order valence-electron chi connectivity index (χ4n) is 1.71. The lowest BCUT2D eigenvalue weighted by atomic mass is 10.1. The first-order chi connectivity index (χ1) is 8.24. The van der Waals surface area contributed by atoms with Gasteiger partial charge < -0.3 is 5.11 Å². The lowest BCUT2D eigenvalue weighted by Crippen LogP contribution is -1.94. The molecule has 0 fully saturated rings. The highest BCUT2D eigenvalue weighted by Gasteiger charge is 2.09. The van der Waals surface area contributed by atoms with Crippen molar-refractivity contribution in [2.24, 2.45) is 0 Å². The number of nitrogens with zero attached hydrogens (tertiary/aromatic N) is 4. The van der Waals surface area contributed by atoms with Crippen molar-refractivity contribution in [2.45, 2.75) is 6.92 Å². The summed E-state index contributed by atoms with van der Waals surface area (Å²) in [5.74, 6) is 1.02. The molecule has 0 unspecified atom stereocenters. The summed E-state index contributed by atoms with van der Waals surface area (Å²) in [6.45, 7) is 1.76. The molecule has 5 heteroatoms. The van der Waals surface area contributed by atoms with Crippen LogP contribution >= 0.6 is 0 Å². The first kappa shape index (κ1) is 9.77. The Bertz CT molecular complexity index is 676. The zero-order valence-corrected chi connectivity index (χ0v) is 9.20. The third kappa shape index (κ3) is 1.61. The van der Waals surface area contributed by atoms with Crippen LogP contribution in [0.4, 0.5) is 0 Å². The normalized spacial score (nSPS) is 10.9. The number of hydrogen-bond donors (Lipinski definition) is 1. The van der Waals surface area contributed by atoms with Crippen LogP contribution in [0.2, 0.25) is 0 Å². The van der Waals surface area contributed by atoms with Gasteiger partial charge >= 0.3 is 0 Å². The van der Waals surface area contributed by atoms with Crippen LogP contribution in [0.15, 0.2) is 36.4 Å². The molecule has 17 heavy (non-hydrogen) atoms. The second-order valence-corrected chi connectivity index (χ2v) is 3.74. The highest BCUT2D eigenvalue weighted by molar-refractivity contribution is 5.61. The molecule has 5 nitrogen and oxygen atoms in total. The van der Waals surface area contributed by atoms with Gasteiger partial charge in [0.1, 0.15) is 5.82 Å². The average Bonchev–Trinajstić information content (AvgIpc) is 2.71. The molecule has 3 aromatic rings. The van der Waals surface area contributed by atoms with Gasteiger partial charge in [-0.1, -0.05) is 30.3 Å². The Labute approximate surface area is 97.4 Å². The minimum absolute atomic E-state index is 0.0365. The molecule has 0 atom stereocenters. The topological polar surface area (TPSA) is 63.3 Å². The number of aromatic nitrogens is 4. The van der Waals surface area contributed by atoms with Gasteiger partial charge in [-0.05, 0) is 6.92 Å². The number of benzene rings is 1. The predicted octanol–water partition coefficient (Wildman–Crippen LogP) is 1.81. The number of rotatable bonds is 1. The monoisotopic (exact) mass is 226 g/mol. The smallest absolute Gasteiger partial charge is 0.256 e. The number of aryl methyl sites for hydroxylation is 1. The van der Waals surface area contributed by atoms with Crippen molar-refractivity contribution in [2.75, 3.05) is 0 Å². The largest absolute Gasteiger partial charge is 0.493 e. The lowest BCUT2D eigenvalue weighted by Gasteiger charge is -2.02. The Morgan fingerprint density at radius 2 is 1.88 bits per heavy atom. The summed E-state index contributed by atoms with van der Waals surface area (Å²) in [4.78, 5) is 8.50. The summed E-state index contributed by atoms with van der Waals surface area (Å²) >= 11 is 0. The van der Waals surface area contributed by atoms with E-state index in [4.69, 9.17) is 0 Å². The maximum Gasteiger partial charge on any atom is 0.256 e. The summed E-state index contributed by atoms with van der Waals surface area (Å²) in [6.07, 6.45) is 0. The molecule has 0 aliphatic rings. The molecular formula is C12H10N4O. The van der Waals surface area contributed by atoms with E-state index in [0.717, 1.165) is 5.56 Å². The van der Waals surface area contributed by atoms with Crippen molar-refractivity contribution >= 4 is 5.78 Å². The fourth-order valence-corrected chi connectivity index (χ4v) is 1.71. The number of fused-ring (bicyclic) bond motifs is 1. The minimum atomic E-state index is 0.0365. The van der Waals surface area contributed by atoms with Crippen LogP contribution < -0.4 is 0 Å². The van der Waals surface area contributed by atoms with Crippen molar-refractivity contribution in [1.29, 1.82) is 0 Å². The maximum absolute atomic E-state index is 9.85. The SMILES string of the molecule is Cc1nc2nc(-c3ccccc3)cc(O)n2n1. The van der Waals surface area contributed by atoms with E-state index in [1.807, 2.05) is 30.3 Å². The van der Waals surface area contributed by atoms with Crippen molar-refractivity contribution in [3.8, 4) is 17.1 Å². The van der Waals surface area contributed by atoms with E-state index in [2.05, 4.69) is 15.1 Å². The van der Waals surface area contributed by atoms with Crippen LogP contribution in [0.5, 0.6) is 5.88 Å². The van der Waals surface area contributed by atoms with Crippen molar-refractivity contribution in [3.63, 3.8) is 0 Å². The van der Waals surface area contributed by atoms with Crippen LogP contribution in [0.25, 0.3) is 17.0 Å². The van der Waals surface area contributed by atoms with E-state index in [-0.39, 0.29) is 5.88 Å². The van der Waals surface area contributed by atoms with Gasteiger partial charge in [0.2, 0.25) is 5.88 Å². The molecule has 0 radical (unpaired) electrons. The van der Waals surface area contributed by atoms with Crippen molar-refractivity contribution in [1.82, 2.24) is 19.6 Å². The van der Waals surface area contributed by atoms with E-state index >= 15 is 0 Å². The van der Waals surface area contributed by atoms with Gasteiger partial charge in [-0.2, -0.15) is 9.50 Å². The second-order valence-electron chi connectivity index (χ2n) is 3.74. The van der Waals surface area contributed by atoms with Crippen LogP contribution in [0.1, 0.15) is 5.82 Å². The number of aromatic hydroxyl groups is 1. The van der Waals surface area contributed by atoms with Gasteiger partial charge in [0.05, 0.1) is 5.69 Å². The van der Waals surface area contributed by atoms with E-state index in [1.54, 1.807) is 13.0 Å². The molecule has 0 aliphatic carbocycles. The molecule has 0 spiro atoms. The zero-order valence-electron chi connectivity index (χ0n) is 9.20. The quantitative estimate of drug-likeness (QED) is 0.687. The highest BCUT2D eigenvalue weighted by atomic mass is 16.3. The molecule has 0 saturated carbocycles. The summed E-state index contributed by atoms with van der Waals surface area (Å²) in [5.41, 5.74) is 1.62. The molecule has 2 aromatic heterocycles. The van der Waals surface area contributed by atoms with E-state index in [9.17, 15) is 5.11 Å². The Hall–Kier alpha value is -2.43. The predicted molar refractivity (Wildman–Crippen MR) is 62.6 cm³/mol. The molecule has 3 rings (SSSR count). The number of hydrogen-bond acceptors (Lipinski definition) is 4. The fraction of sp³-hybridized carbons (Fsp3) is 0.0833. The first-order valence-corrected chi connectivity index (χ1v) is 5.23. The second kappa shape index (κ2) is 3.55. The van der Waals surface area contributed by atoms with Crippen molar-refractivity contribution in [3.05, 3.63) is 42.2 Å². The summed E-state index contributed by atoms with van der Waals surface area (Å²) in [7, 11) is 0. The van der Waals surface area contributed by atoms with E-state index < -0.39 is 0 Å². The highest BCUT2D eigenvalue weighted by Crippen LogP contribution is 2.21. The Morgan fingerprint density at radius 3 is 2.65 bits per heavy atom. The standard InChI is InChI=1S/C12H10N4O/c1-8-13-12-14-10(7-11(17)16(12)15-8)9-5-3-2-4-6-9/h2-7,17H,1H3. The molecule has 0 aliphatic heterocycles. The Morgan fingerprint density at radius 1 is 1.12 bits per heavy atom. The van der Waals surface area contributed by atoms with Crippen LogP contribution in [0.3, 0.4) is 0 Å². The molecule has 1 N–H and O–H groups in total. The molecule has 1 aromatic carbocycles. The van der Waals surface area contributed by atoms with Gasteiger partial charge in [-0.3, -0.25) is 0 Å². The Kier molecular flexibility index (Phi) is 2.04. The van der Waals surface area contributed by atoms with E-state index in [1.165, 1.54) is 4.52 Å². The van der Waals surface area contributed by atoms with Gasteiger partial charge in [-0.15, -0.1) is 5.10 Å². The van der Waals surface area contributed by atoms with Gasteiger partial charge in [0.25, 0.3) is 5.78 Å². The van der Waals surface area contributed by atoms with Gasteiger partial charge in [0, 0.05) is 11.6 Å². The minimum Gasteiger partial charge on any atom is -0.493 e. The molecule has 84 valence electrons. The maximum atomic E-state index is 9.85. The van der Waals surface area contributed by atoms with Crippen LogP contribution in [0, 0.1) is 6.92 Å². The molecule has 0 saturated heterocycles. The Balaban J connectivity index is 2.25. The lowest BCUT2D eigenvalue weighted by molar-refractivity contribution is 0.435. The van der Waals surface area contributed by atoms with Crippen LogP contribution in [-0.4, -0.2) is 24.7 Å². The van der Waals surface area contributed by atoms with Crippen LogP contribution in [-0.2, 0) is 0 Å². The van der Waals surface area contributed by atoms with Crippen molar-refractivity contribution < 1.29 is 5.11 Å². The summed E-state index contributed by atoms with van der Waals surface area (Å²) in [5, 5.41) is 13.9. The molecular weight excluding hydrogens is 216 g/mol. The zero-order chi connectivity index (χ0) is 11.8. The first-order valence-electron chi connectivity index (χ1n) is 5.23. The van der Waals surface area contributed by atoms with E-state index in [0.29, 0.717) is 17.3 Å². The molecule has 0 amide bonds.